The van der Waals surface area contributed by atoms with Crippen LogP contribution in [-0.2, 0) is 24.3 Å². The molecule has 1 N–H and O–H groups in total. The Hall–Kier alpha value is -3.65. The molecule has 0 radical (unpaired) electrons. The summed E-state index contributed by atoms with van der Waals surface area (Å²) in [4.78, 5) is 39.4. The van der Waals surface area contributed by atoms with Crippen molar-refractivity contribution in [2.75, 3.05) is 12.4 Å². The summed E-state index contributed by atoms with van der Waals surface area (Å²) in [7, 11) is 1.56. The molecule has 0 aliphatic heterocycles. The third kappa shape index (κ3) is 4.47. The van der Waals surface area contributed by atoms with Crippen LogP contribution in [0, 0.1) is 6.92 Å². The third-order valence-electron chi connectivity index (χ3n) is 5.62. The summed E-state index contributed by atoms with van der Waals surface area (Å²) in [6.45, 7) is 3.86. The Labute approximate surface area is 194 Å². The summed E-state index contributed by atoms with van der Waals surface area (Å²) < 4.78 is 8.23. The van der Waals surface area contributed by atoms with Gasteiger partial charge >= 0.3 is 5.69 Å². The highest BCUT2D eigenvalue weighted by Gasteiger charge is 2.18. The predicted octanol–water partition coefficient (Wildman–Crippen LogP) is 3.79. The smallest absolute Gasteiger partial charge is 0.332 e. The largest absolute Gasteiger partial charge is 0.497 e. The van der Waals surface area contributed by atoms with Crippen molar-refractivity contribution in [2.45, 2.75) is 33.4 Å². The van der Waals surface area contributed by atoms with Crippen molar-refractivity contribution in [1.29, 1.82) is 0 Å². The maximum Gasteiger partial charge on any atom is 0.332 e. The lowest BCUT2D eigenvalue weighted by molar-refractivity contribution is -0.116. The summed E-state index contributed by atoms with van der Waals surface area (Å²) in [5, 5.41) is 4.72. The minimum absolute atomic E-state index is 0.0854. The van der Waals surface area contributed by atoms with Crippen molar-refractivity contribution in [1.82, 2.24) is 9.13 Å². The average Bonchev–Trinajstić information content (AvgIpc) is 3.31. The van der Waals surface area contributed by atoms with Crippen LogP contribution in [0.25, 0.3) is 10.2 Å². The van der Waals surface area contributed by atoms with E-state index in [2.05, 4.69) is 5.32 Å². The molecule has 4 aromatic rings. The number of para-hydroxylation sites is 1. The topological polar surface area (TPSA) is 82.3 Å². The molecule has 4 rings (SSSR count). The van der Waals surface area contributed by atoms with E-state index < -0.39 is 5.69 Å². The van der Waals surface area contributed by atoms with Crippen molar-refractivity contribution >= 4 is 33.1 Å². The summed E-state index contributed by atoms with van der Waals surface area (Å²) >= 11 is 1.26. The number of nitrogens with one attached hydrogen (secondary N) is 1. The molecule has 0 fully saturated rings. The van der Waals surface area contributed by atoms with Crippen molar-refractivity contribution < 1.29 is 9.53 Å². The number of fused-ring (bicyclic) bond motifs is 1. The molecule has 0 atom stereocenters. The number of hydrogen-bond acceptors (Lipinski definition) is 5. The fourth-order valence-electron chi connectivity index (χ4n) is 3.90. The minimum Gasteiger partial charge on any atom is -0.497 e. The van der Waals surface area contributed by atoms with Gasteiger partial charge in [0.1, 0.15) is 17.0 Å². The first kappa shape index (κ1) is 22.5. The van der Waals surface area contributed by atoms with E-state index in [1.165, 1.54) is 20.5 Å². The molecule has 0 saturated carbocycles. The van der Waals surface area contributed by atoms with Crippen LogP contribution >= 0.6 is 11.3 Å². The number of amides is 1. The van der Waals surface area contributed by atoms with Gasteiger partial charge in [-0.05, 0) is 53.6 Å². The highest BCUT2D eigenvalue weighted by atomic mass is 32.1. The third-order valence-corrected chi connectivity index (χ3v) is 6.51. The number of nitrogens with zero attached hydrogens (tertiary/aromatic N) is 2. The number of thiophene rings is 1. The van der Waals surface area contributed by atoms with Crippen LogP contribution < -0.4 is 21.3 Å². The van der Waals surface area contributed by atoms with Gasteiger partial charge in [-0.3, -0.25) is 18.7 Å². The van der Waals surface area contributed by atoms with Crippen LogP contribution in [0.2, 0.25) is 0 Å². The summed E-state index contributed by atoms with van der Waals surface area (Å²) in [5.41, 5.74) is 3.09. The van der Waals surface area contributed by atoms with Gasteiger partial charge in [0.2, 0.25) is 5.91 Å². The van der Waals surface area contributed by atoms with Crippen LogP contribution in [0.4, 0.5) is 5.69 Å². The predicted molar refractivity (Wildman–Crippen MR) is 132 cm³/mol. The van der Waals surface area contributed by atoms with E-state index in [4.69, 9.17) is 4.74 Å². The fourth-order valence-corrected chi connectivity index (χ4v) is 4.75. The first-order chi connectivity index (χ1) is 15.9. The Kier molecular flexibility index (Phi) is 6.46. The second kappa shape index (κ2) is 9.46. The molecule has 0 bridgehead atoms. The first-order valence-corrected chi connectivity index (χ1v) is 11.5. The van der Waals surface area contributed by atoms with Gasteiger partial charge in [-0.1, -0.05) is 37.3 Å². The molecular formula is C25H25N3O4S. The number of ether oxygens (including phenoxy) is 1. The van der Waals surface area contributed by atoms with Crippen LogP contribution in [0.1, 0.15) is 23.6 Å². The van der Waals surface area contributed by atoms with E-state index in [1.54, 1.807) is 30.7 Å². The SMILES string of the molecule is CCc1cccc(C)c1NC(=O)Cn1c(=O)n(Cc2cccc(OC)c2)c(=O)c2sccc21. The van der Waals surface area contributed by atoms with E-state index in [1.807, 2.05) is 44.2 Å². The van der Waals surface area contributed by atoms with Crippen LogP contribution in [0.3, 0.4) is 0 Å². The van der Waals surface area contributed by atoms with Gasteiger partial charge in [-0.2, -0.15) is 0 Å². The molecule has 1 amide bonds. The van der Waals surface area contributed by atoms with Crippen molar-refractivity contribution in [2.24, 2.45) is 0 Å². The zero-order valence-electron chi connectivity index (χ0n) is 18.8. The molecule has 170 valence electrons. The molecule has 0 aliphatic rings. The van der Waals surface area contributed by atoms with Gasteiger partial charge in [0.05, 0.1) is 19.2 Å². The van der Waals surface area contributed by atoms with E-state index >= 15 is 0 Å². The summed E-state index contributed by atoms with van der Waals surface area (Å²) in [6.07, 6.45) is 0.775. The molecule has 0 aliphatic carbocycles. The number of methoxy groups -OCH3 is 1. The summed E-state index contributed by atoms with van der Waals surface area (Å²) in [5.74, 6) is 0.322. The molecular weight excluding hydrogens is 438 g/mol. The Balaban J connectivity index is 1.72. The van der Waals surface area contributed by atoms with Gasteiger partial charge < -0.3 is 10.1 Å². The van der Waals surface area contributed by atoms with Crippen LogP contribution in [0.15, 0.2) is 63.5 Å². The normalized spacial score (nSPS) is 11.0. The van der Waals surface area contributed by atoms with E-state index in [0.717, 1.165) is 28.8 Å². The molecule has 2 aromatic heterocycles. The number of benzene rings is 2. The minimum atomic E-state index is -0.524. The lowest BCUT2D eigenvalue weighted by Crippen LogP contribution is -2.41. The molecule has 33 heavy (non-hydrogen) atoms. The molecule has 2 heterocycles. The van der Waals surface area contributed by atoms with E-state index in [0.29, 0.717) is 16.0 Å². The van der Waals surface area contributed by atoms with Crippen molar-refractivity contribution in [3.05, 3.63) is 91.4 Å². The number of carbonyl (C=O) groups excluding carboxylic acids is 1. The molecule has 0 unspecified atom stereocenters. The zero-order chi connectivity index (χ0) is 23.5. The van der Waals surface area contributed by atoms with Crippen molar-refractivity contribution in [3.8, 4) is 5.75 Å². The number of rotatable bonds is 7. The van der Waals surface area contributed by atoms with E-state index in [9.17, 15) is 14.4 Å². The second-order valence-electron chi connectivity index (χ2n) is 7.76. The molecule has 7 nitrogen and oxygen atoms in total. The highest BCUT2D eigenvalue weighted by molar-refractivity contribution is 7.17. The number of aromatic nitrogens is 2. The van der Waals surface area contributed by atoms with Gasteiger partial charge in [-0.15, -0.1) is 11.3 Å². The molecule has 0 spiro atoms. The quantitative estimate of drug-likeness (QED) is 0.452. The van der Waals surface area contributed by atoms with Crippen molar-refractivity contribution in [3.63, 3.8) is 0 Å². The van der Waals surface area contributed by atoms with Gasteiger partial charge in [-0.25, -0.2) is 4.79 Å². The molecule has 8 heteroatoms. The Bertz CT molecular complexity index is 1450. The number of aryl methyl sites for hydroxylation is 2. The Morgan fingerprint density at radius 3 is 2.64 bits per heavy atom. The molecule has 0 saturated heterocycles. The molecule has 2 aromatic carbocycles. The van der Waals surface area contributed by atoms with Gasteiger partial charge in [0, 0.05) is 5.69 Å². The number of carbonyl (C=O) groups is 1. The highest BCUT2D eigenvalue weighted by Crippen LogP contribution is 2.22. The number of anilines is 1. The lowest BCUT2D eigenvalue weighted by Gasteiger charge is -2.15. The standard InChI is InChI=1S/C25H25N3O4S/c1-4-18-9-5-7-16(2)22(18)26-21(29)15-27-20-11-12-33-23(20)24(30)28(25(27)31)14-17-8-6-10-19(13-17)32-3/h5-13H,4,14-15H2,1-3H3,(H,26,29). The number of hydrogen-bond donors (Lipinski definition) is 1. The average molecular weight is 464 g/mol. The zero-order valence-corrected chi connectivity index (χ0v) is 19.6. The fraction of sp³-hybridized carbons (Fsp3) is 0.240. The Morgan fingerprint density at radius 2 is 1.88 bits per heavy atom. The van der Waals surface area contributed by atoms with Crippen LogP contribution in [0.5, 0.6) is 5.75 Å². The second-order valence-corrected chi connectivity index (χ2v) is 8.67. The maximum absolute atomic E-state index is 13.4. The lowest BCUT2D eigenvalue weighted by atomic mass is 10.1. The van der Waals surface area contributed by atoms with E-state index in [-0.39, 0.29) is 24.6 Å². The van der Waals surface area contributed by atoms with Gasteiger partial charge in [0.15, 0.2) is 0 Å². The van der Waals surface area contributed by atoms with Crippen LogP contribution in [-0.4, -0.2) is 22.2 Å². The first-order valence-electron chi connectivity index (χ1n) is 10.6. The monoisotopic (exact) mass is 463 g/mol. The maximum atomic E-state index is 13.4. The Morgan fingerprint density at radius 1 is 1.09 bits per heavy atom. The summed E-state index contributed by atoms with van der Waals surface area (Å²) in [6, 6.07) is 14.8. The van der Waals surface area contributed by atoms with Gasteiger partial charge in [0.25, 0.3) is 5.56 Å².